The summed E-state index contributed by atoms with van der Waals surface area (Å²) in [6, 6.07) is 0. The second-order valence-electron chi connectivity index (χ2n) is 3.73. The van der Waals surface area contributed by atoms with E-state index in [9.17, 15) is 4.79 Å². The SMILES string of the molecule is CNC1(CC(N)=O)CCCCC1. The normalized spacial score (nSPS) is 22.1. The topological polar surface area (TPSA) is 55.1 Å². The summed E-state index contributed by atoms with van der Waals surface area (Å²) in [4.78, 5) is 10.8. The molecule has 1 fully saturated rings. The highest BCUT2D eigenvalue weighted by Gasteiger charge is 2.31. The molecule has 1 saturated carbocycles. The third-order valence-electron chi connectivity index (χ3n) is 2.85. The van der Waals surface area contributed by atoms with Crippen molar-refractivity contribution in [2.45, 2.75) is 44.1 Å². The Labute approximate surface area is 73.7 Å². The second kappa shape index (κ2) is 3.90. The molecule has 0 aromatic heterocycles. The van der Waals surface area contributed by atoms with Gasteiger partial charge in [-0.2, -0.15) is 0 Å². The second-order valence-corrected chi connectivity index (χ2v) is 3.73. The van der Waals surface area contributed by atoms with Crippen molar-refractivity contribution in [1.82, 2.24) is 5.32 Å². The molecule has 1 amide bonds. The van der Waals surface area contributed by atoms with Crippen molar-refractivity contribution >= 4 is 5.91 Å². The van der Waals surface area contributed by atoms with E-state index in [1.165, 1.54) is 19.3 Å². The lowest BCUT2D eigenvalue weighted by Crippen LogP contribution is -2.47. The van der Waals surface area contributed by atoms with Gasteiger partial charge in [0.2, 0.25) is 5.91 Å². The molecule has 12 heavy (non-hydrogen) atoms. The molecule has 0 atom stereocenters. The molecule has 0 spiro atoms. The van der Waals surface area contributed by atoms with Crippen LogP contribution in [0.5, 0.6) is 0 Å². The first-order valence-electron chi connectivity index (χ1n) is 4.66. The maximum absolute atomic E-state index is 10.8. The Morgan fingerprint density at radius 2 is 2.00 bits per heavy atom. The van der Waals surface area contributed by atoms with Gasteiger partial charge in [0.15, 0.2) is 0 Å². The van der Waals surface area contributed by atoms with Crippen molar-refractivity contribution < 1.29 is 4.79 Å². The molecule has 0 aromatic carbocycles. The van der Waals surface area contributed by atoms with E-state index in [1.54, 1.807) is 0 Å². The van der Waals surface area contributed by atoms with Crippen molar-refractivity contribution in [3.8, 4) is 0 Å². The first-order chi connectivity index (χ1) is 5.68. The van der Waals surface area contributed by atoms with E-state index in [4.69, 9.17) is 5.73 Å². The molecule has 3 N–H and O–H groups in total. The highest BCUT2D eigenvalue weighted by molar-refractivity contribution is 5.75. The third kappa shape index (κ3) is 2.21. The average molecular weight is 170 g/mol. The average Bonchev–Trinajstić information content (AvgIpc) is 2.05. The first-order valence-corrected chi connectivity index (χ1v) is 4.66. The zero-order chi connectivity index (χ0) is 9.03. The Balaban J connectivity index is 2.53. The fourth-order valence-electron chi connectivity index (χ4n) is 2.08. The van der Waals surface area contributed by atoms with Crippen molar-refractivity contribution in [3.05, 3.63) is 0 Å². The van der Waals surface area contributed by atoms with Gasteiger partial charge in [0.05, 0.1) is 0 Å². The molecule has 0 aromatic rings. The highest BCUT2D eigenvalue weighted by Crippen LogP contribution is 2.30. The lowest BCUT2D eigenvalue weighted by molar-refractivity contribution is -0.119. The molecule has 1 rings (SSSR count). The van der Waals surface area contributed by atoms with Crippen LogP contribution in [0.4, 0.5) is 0 Å². The molecule has 3 nitrogen and oxygen atoms in total. The summed E-state index contributed by atoms with van der Waals surface area (Å²) >= 11 is 0. The minimum atomic E-state index is -0.189. The van der Waals surface area contributed by atoms with E-state index in [-0.39, 0.29) is 11.4 Å². The quantitative estimate of drug-likeness (QED) is 0.657. The minimum Gasteiger partial charge on any atom is -0.370 e. The van der Waals surface area contributed by atoms with Crippen LogP contribution in [0.25, 0.3) is 0 Å². The number of rotatable bonds is 3. The van der Waals surface area contributed by atoms with Gasteiger partial charge < -0.3 is 11.1 Å². The molecule has 1 aliphatic rings. The van der Waals surface area contributed by atoms with Crippen LogP contribution in [0.15, 0.2) is 0 Å². The van der Waals surface area contributed by atoms with Gasteiger partial charge >= 0.3 is 0 Å². The van der Waals surface area contributed by atoms with Crippen molar-refractivity contribution in [1.29, 1.82) is 0 Å². The Hall–Kier alpha value is -0.570. The summed E-state index contributed by atoms with van der Waals surface area (Å²) in [5.41, 5.74) is 5.22. The number of hydrogen-bond donors (Lipinski definition) is 2. The van der Waals surface area contributed by atoms with Crippen LogP contribution in [-0.2, 0) is 4.79 Å². The number of amides is 1. The van der Waals surface area contributed by atoms with E-state index in [2.05, 4.69) is 5.32 Å². The summed E-state index contributed by atoms with van der Waals surface area (Å²) in [6.45, 7) is 0. The van der Waals surface area contributed by atoms with E-state index < -0.39 is 0 Å². The number of primary amides is 1. The van der Waals surface area contributed by atoms with E-state index in [0.29, 0.717) is 6.42 Å². The predicted octanol–water partition coefficient (Wildman–Crippen LogP) is 0.784. The van der Waals surface area contributed by atoms with E-state index in [0.717, 1.165) is 12.8 Å². The van der Waals surface area contributed by atoms with Gasteiger partial charge in [-0.3, -0.25) is 4.79 Å². The maximum atomic E-state index is 10.8. The lowest BCUT2D eigenvalue weighted by Gasteiger charge is -2.36. The summed E-state index contributed by atoms with van der Waals surface area (Å²) in [5, 5.41) is 3.25. The Morgan fingerprint density at radius 1 is 1.42 bits per heavy atom. The highest BCUT2D eigenvalue weighted by atomic mass is 16.1. The molecule has 0 bridgehead atoms. The molecule has 0 saturated heterocycles. The van der Waals surface area contributed by atoms with Crippen LogP contribution in [-0.4, -0.2) is 18.5 Å². The number of carbonyl (C=O) groups is 1. The molecule has 70 valence electrons. The van der Waals surface area contributed by atoms with Gasteiger partial charge in [0.1, 0.15) is 0 Å². The summed E-state index contributed by atoms with van der Waals surface area (Å²) in [6.07, 6.45) is 6.40. The summed E-state index contributed by atoms with van der Waals surface area (Å²) < 4.78 is 0. The van der Waals surface area contributed by atoms with Crippen LogP contribution in [0.1, 0.15) is 38.5 Å². The Kier molecular flexibility index (Phi) is 3.09. The number of nitrogens with one attached hydrogen (secondary N) is 1. The number of hydrogen-bond acceptors (Lipinski definition) is 2. The van der Waals surface area contributed by atoms with Crippen molar-refractivity contribution in [2.24, 2.45) is 5.73 Å². The molecule has 0 unspecified atom stereocenters. The molecule has 0 heterocycles. The Bertz CT molecular complexity index is 162. The fraction of sp³-hybridized carbons (Fsp3) is 0.889. The lowest BCUT2D eigenvalue weighted by atomic mass is 9.79. The van der Waals surface area contributed by atoms with Gasteiger partial charge in [-0.25, -0.2) is 0 Å². The molecular formula is C9H18N2O. The minimum absolute atomic E-state index is 0.0179. The van der Waals surface area contributed by atoms with Gasteiger partial charge in [-0.1, -0.05) is 19.3 Å². The van der Waals surface area contributed by atoms with Crippen LogP contribution in [0, 0.1) is 0 Å². The summed E-state index contributed by atoms with van der Waals surface area (Å²) in [7, 11) is 1.92. The largest absolute Gasteiger partial charge is 0.370 e. The molecule has 3 heteroatoms. The van der Waals surface area contributed by atoms with Crippen LogP contribution in [0.3, 0.4) is 0 Å². The van der Waals surface area contributed by atoms with Crippen molar-refractivity contribution in [2.75, 3.05) is 7.05 Å². The standard InChI is InChI=1S/C9H18N2O/c1-11-9(7-8(10)12)5-3-2-4-6-9/h11H,2-7H2,1H3,(H2,10,12). The summed E-state index contributed by atoms with van der Waals surface area (Å²) in [5.74, 6) is -0.189. The van der Waals surface area contributed by atoms with Crippen LogP contribution < -0.4 is 11.1 Å². The molecule has 0 radical (unpaired) electrons. The van der Waals surface area contributed by atoms with Gasteiger partial charge in [-0.15, -0.1) is 0 Å². The zero-order valence-corrected chi connectivity index (χ0v) is 7.73. The van der Waals surface area contributed by atoms with E-state index >= 15 is 0 Å². The molecule has 0 aliphatic heterocycles. The molecule has 1 aliphatic carbocycles. The van der Waals surface area contributed by atoms with Crippen LogP contribution in [0.2, 0.25) is 0 Å². The monoisotopic (exact) mass is 170 g/mol. The third-order valence-corrected chi connectivity index (χ3v) is 2.85. The number of nitrogens with two attached hydrogens (primary N) is 1. The zero-order valence-electron chi connectivity index (χ0n) is 7.73. The van der Waals surface area contributed by atoms with Gasteiger partial charge in [-0.05, 0) is 19.9 Å². The molecular weight excluding hydrogens is 152 g/mol. The Morgan fingerprint density at radius 3 is 2.42 bits per heavy atom. The maximum Gasteiger partial charge on any atom is 0.219 e. The fourth-order valence-corrected chi connectivity index (χ4v) is 2.08. The van der Waals surface area contributed by atoms with Gasteiger partial charge in [0.25, 0.3) is 0 Å². The number of carbonyl (C=O) groups excluding carboxylic acids is 1. The van der Waals surface area contributed by atoms with Gasteiger partial charge in [0, 0.05) is 12.0 Å². The predicted molar refractivity (Wildman–Crippen MR) is 48.7 cm³/mol. The van der Waals surface area contributed by atoms with Crippen molar-refractivity contribution in [3.63, 3.8) is 0 Å². The van der Waals surface area contributed by atoms with Crippen LogP contribution >= 0.6 is 0 Å². The smallest absolute Gasteiger partial charge is 0.219 e. The van der Waals surface area contributed by atoms with E-state index in [1.807, 2.05) is 7.05 Å². The first kappa shape index (κ1) is 9.52.